The summed E-state index contributed by atoms with van der Waals surface area (Å²) in [5.74, 6) is 9.54. The molecular weight excluding hydrogens is 1530 g/mol. The number of methoxy groups -OCH3 is 3. The highest BCUT2D eigenvalue weighted by molar-refractivity contribution is 5.75. The van der Waals surface area contributed by atoms with Crippen LogP contribution in [0.25, 0.3) is 33.8 Å². The molecule has 33 heteroatoms. The monoisotopic (exact) mass is 1650 g/mol. The molecular formula is C86H119F3N20O10. The van der Waals surface area contributed by atoms with Gasteiger partial charge in [0.25, 0.3) is 0 Å². The first-order chi connectivity index (χ1) is 56.5. The number of aromatic nitrogens is 14. The maximum Gasteiger partial charge on any atom is 0.451 e. The van der Waals surface area contributed by atoms with Crippen molar-refractivity contribution in [3.05, 3.63) is 103 Å². The smallest absolute Gasteiger partial charge is 0.451 e. The Bertz CT molecular complexity index is 4920. The van der Waals surface area contributed by atoms with Crippen LogP contribution in [-0.2, 0) is 51.1 Å². The van der Waals surface area contributed by atoms with E-state index in [1.807, 2.05) is 77.0 Å². The average Bonchev–Trinajstić information content (AvgIpc) is 1.66. The molecule has 2 spiro atoms. The van der Waals surface area contributed by atoms with Crippen molar-refractivity contribution >= 4 is 35.7 Å². The van der Waals surface area contributed by atoms with E-state index in [1.165, 1.54) is 21.3 Å². The highest BCUT2D eigenvalue weighted by Crippen LogP contribution is 2.48. The van der Waals surface area contributed by atoms with Crippen LogP contribution in [0, 0.1) is 91.9 Å². The van der Waals surface area contributed by atoms with Gasteiger partial charge in [-0.1, -0.05) is 70.9 Å². The molecule has 8 aliphatic rings. The molecule has 3 amide bonds. The third-order valence-electron chi connectivity index (χ3n) is 25.4. The molecule has 2 unspecified atom stereocenters. The van der Waals surface area contributed by atoms with E-state index in [2.05, 4.69) is 97.8 Å². The maximum absolute atomic E-state index is 13.1. The van der Waals surface area contributed by atoms with Crippen molar-refractivity contribution < 1.29 is 60.1 Å². The largest absolute Gasteiger partial charge is 0.453 e. The quantitative estimate of drug-likeness (QED) is 0.0913. The standard InChI is InChI=1S/C23H32N4O3.2C22H31N5O3.C19H25F3N6O/c1-12(2)22-24-19(13(3)21(25-22)20-14(4)26-30-15(20)5)11-16-9-17-7-8-18(10-16)27(17)23(28)29-6;1-13(2)19-23-18(17-15(4)25-30-16(17)5)14(3)20(24-19)26-9-7-22(11-26)8-10-27(12-22)21(28)29-6;1-13(2)19-23-18(17-15(4)25-30-16(17)5)14(3)20(24-19)27-11-22(12-27)7-9-26(10-8-22)21(28)29-6;1-11(2)16-23-14(8-13-4-7-29-10-13)12(3)17(24-16)27-5-6-28-15(9-27)25-26-18(28)19(20,21)22/h12,16-18H,7-11H2,1-6H3;2*13H,7-12H2,1-6H3;11,13H,4-10H2,1-3H3/t16?,17-,18+;;;13-/m...0/s1. The predicted molar refractivity (Wildman–Crippen MR) is 440 cm³/mol. The lowest BCUT2D eigenvalue weighted by Crippen LogP contribution is -2.61. The Labute approximate surface area is 695 Å². The summed E-state index contributed by atoms with van der Waals surface area (Å²) in [4.78, 5) is 87.4. The minimum Gasteiger partial charge on any atom is -0.453 e. The number of carbonyl (C=O) groups is 3. The number of likely N-dealkylation sites (tertiary alicyclic amines) is 2. The van der Waals surface area contributed by atoms with Gasteiger partial charge in [0.2, 0.25) is 5.82 Å². The van der Waals surface area contributed by atoms with Gasteiger partial charge in [0.15, 0.2) is 5.82 Å². The van der Waals surface area contributed by atoms with Crippen LogP contribution in [0.15, 0.2) is 13.6 Å². The fourth-order valence-corrected chi connectivity index (χ4v) is 18.6. The number of rotatable bonds is 14. The molecule has 8 aromatic heterocycles. The van der Waals surface area contributed by atoms with E-state index >= 15 is 0 Å². The Morgan fingerprint density at radius 2 is 0.882 bits per heavy atom. The molecule has 2 bridgehead atoms. The Balaban J connectivity index is 0.000000137. The summed E-state index contributed by atoms with van der Waals surface area (Å²) in [6.07, 6.45) is 5.80. The molecule has 7 fully saturated rings. The average molecular weight is 1650 g/mol. The normalized spacial score (nSPS) is 20.6. The van der Waals surface area contributed by atoms with Gasteiger partial charge in [0.1, 0.15) is 58.0 Å². The summed E-state index contributed by atoms with van der Waals surface area (Å²) in [5.41, 5.74) is 14.9. The molecule has 119 heavy (non-hydrogen) atoms. The van der Waals surface area contributed by atoms with Gasteiger partial charge >= 0.3 is 24.5 Å². The molecule has 5 atom stereocenters. The number of anilines is 3. The molecule has 8 aliphatic heterocycles. The minimum atomic E-state index is -4.50. The van der Waals surface area contributed by atoms with E-state index in [9.17, 15) is 27.6 Å². The first kappa shape index (κ1) is 86.9. The topological polar surface area (TPSA) is 319 Å². The number of alkyl halides is 3. The predicted octanol–water partition coefficient (Wildman–Crippen LogP) is 15.5. The van der Waals surface area contributed by atoms with Gasteiger partial charge in [-0.05, 0) is 157 Å². The third-order valence-corrected chi connectivity index (χ3v) is 25.4. The molecule has 16 heterocycles. The molecule has 0 radical (unpaired) electrons. The van der Waals surface area contributed by atoms with Crippen LogP contribution in [0.4, 0.5) is 45.0 Å². The number of halogens is 3. The minimum absolute atomic E-state index is 0.104. The molecule has 644 valence electrons. The van der Waals surface area contributed by atoms with Crippen LogP contribution in [-0.4, -0.2) is 209 Å². The fraction of sp³-hybridized carbons (Fsp3) is 0.651. The fourth-order valence-electron chi connectivity index (χ4n) is 18.6. The van der Waals surface area contributed by atoms with E-state index in [-0.39, 0.29) is 78.0 Å². The molecule has 0 N–H and O–H groups in total. The van der Waals surface area contributed by atoms with Gasteiger partial charge in [-0.15, -0.1) is 10.2 Å². The van der Waals surface area contributed by atoms with Gasteiger partial charge in [-0.3, -0.25) is 0 Å². The van der Waals surface area contributed by atoms with Crippen LogP contribution in [0.2, 0.25) is 0 Å². The maximum atomic E-state index is 13.1. The molecule has 0 aliphatic carbocycles. The summed E-state index contributed by atoms with van der Waals surface area (Å²) < 4.78 is 77.1. The zero-order valence-corrected chi connectivity index (χ0v) is 73.3. The third kappa shape index (κ3) is 18.1. The first-order valence-electron chi connectivity index (χ1n) is 42.2. The number of hydrogen-bond acceptors (Lipinski definition) is 26. The lowest BCUT2D eigenvalue weighted by Gasteiger charge is -2.54. The van der Waals surface area contributed by atoms with Crippen molar-refractivity contribution in [2.24, 2.45) is 22.7 Å². The molecule has 7 saturated heterocycles. The summed E-state index contributed by atoms with van der Waals surface area (Å²) in [6.45, 7) is 45.8. The van der Waals surface area contributed by atoms with Crippen molar-refractivity contribution in [2.45, 2.75) is 250 Å². The van der Waals surface area contributed by atoms with Crippen LogP contribution < -0.4 is 14.7 Å². The highest BCUT2D eigenvalue weighted by atomic mass is 19.4. The first-order valence-corrected chi connectivity index (χ1v) is 42.2. The number of piperidine rings is 2. The number of aryl methyl sites for hydroxylation is 6. The number of amides is 3. The lowest BCUT2D eigenvalue weighted by molar-refractivity contribution is -0.147. The zero-order valence-electron chi connectivity index (χ0n) is 73.3. The van der Waals surface area contributed by atoms with Gasteiger partial charge in [0.05, 0.1) is 78.7 Å². The molecule has 30 nitrogen and oxygen atoms in total. The van der Waals surface area contributed by atoms with Crippen LogP contribution in [0.5, 0.6) is 0 Å². The SMILES string of the molecule is COC(=O)N1CCC2(CC1)CN(c1nc(C(C)C)nc(-c3c(C)noc3C)c1C)C2.COC(=O)N1CCC2(CCN(c3nc(C(C)C)nc(-c4c(C)noc4C)c3C)C2)C1.COC(=O)N1[C@@H]2CC[C@H]1CC(Cc1nc(C(C)C)nc(-c3c(C)noc3C)c1C)C2.Cc1c(C[C@@H]2CCOC2)nc(C(C)C)nc1N1CCn2c(nnc2C(F)(F)F)C1. The van der Waals surface area contributed by atoms with E-state index in [0.29, 0.717) is 24.2 Å². The Morgan fingerprint density at radius 1 is 0.462 bits per heavy atom. The van der Waals surface area contributed by atoms with Crippen molar-refractivity contribution in [2.75, 3.05) is 108 Å². The Morgan fingerprint density at radius 3 is 1.34 bits per heavy atom. The van der Waals surface area contributed by atoms with Crippen LogP contribution in [0.1, 0.15) is 240 Å². The van der Waals surface area contributed by atoms with E-state index < -0.39 is 12.0 Å². The second-order valence-electron chi connectivity index (χ2n) is 35.3. The Hall–Kier alpha value is -9.95. The Kier molecular flexibility index (Phi) is 25.8. The van der Waals surface area contributed by atoms with E-state index in [1.54, 1.807) is 4.90 Å². The lowest BCUT2D eigenvalue weighted by atomic mass is 9.72. The molecule has 0 aromatic carbocycles. The second kappa shape index (κ2) is 35.4. The van der Waals surface area contributed by atoms with E-state index in [0.717, 1.165) is 283 Å². The van der Waals surface area contributed by atoms with Crippen molar-refractivity contribution in [3.63, 3.8) is 0 Å². The number of hydrogen-bond donors (Lipinski definition) is 0. The summed E-state index contributed by atoms with van der Waals surface area (Å²) in [6, 6.07) is 0.574. The highest BCUT2D eigenvalue weighted by Gasteiger charge is 2.50. The number of ether oxygens (including phenoxy) is 4. The van der Waals surface area contributed by atoms with Crippen LogP contribution >= 0.6 is 0 Å². The van der Waals surface area contributed by atoms with Crippen molar-refractivity contribution in [1.29, 1.82) is 0 Å². The molecule has 0 saturated carbocycles. The van der Waals surface area contributed by atoms with Gasteiger partial charge < -0.3 is 66.5 Å². The summed E-state index contributed by atoms with van der Waals surface area (Å²) >= 11 is 0. The molecule has 16 rings (SSSR count). The second-order valence-corrected chi connectivity index (χ2v) is 35.3. The summed E-state index contributed by atoms with van der Waals surface area (Å²) in [7, 11) is 4.36. The van der Waals surface area contributed by atoms with Gasteiger partial charge in [0, 0.05) is 153 Å². The van der Waals surface area contributed by atoms with Crippen molar-refractivity contribution in [3.8, 4) is 33.8 Å². The summed E-state index contributed by atoms with van der Waals surface area (Å²) in [5, 5.41) is 19.5. The zero-order chi connectivity index (χ0) is 85.6. The van der Waals surface area contributed by atoms with Crippen LogP contribution in [0.3, 0.4) is 0 Å². The number of nitrogens with zero attached hydrogens (tertiary/aromatic N) is 20. The van der Waals surface area contributed by atoms with E-state index in [4.69, 9.17) is 72.4 Å². The van der Waals surface area contributed by atoms with Gasteiger partial charge in [-0.2, -0.15) is 13.2 Å². The number of fused-ring (bicyclic) bond motifs is 3. The molecule has 8 aromatic rings. The van der Waals surface area contributed by atoms with Crippen molar-refractivity contribution in [1.82, 2.24) is 84.8 Å². The number of carbonyl (C=O) groups excluding carboxylic acids is 3. The van der Waals surface area contributed by atoms with Gasteiger partial charge in [-0.25, -0.2) is 54.3 Å².